The van der Waals surface area contributed by atoms with Crippen LogP contribution in [0.2, 0.25) is 0 Å². The zero-order chi connectivity index (χ0) is 15.2. The van der Waals surface area contributed by atoms with Gasteiger partial charge < -0.3 is 14.8 Å². The Labute approximate surface area is 127 Å². The van der Waals surface area contributed by atoms with E-state index in [1.165, 1.54) is 5.56 Å². The second-order valence-electron chi connectivity index (χ2n) is 5.94. The zero-order valence-electron chi connectivity index (χ0n) is 13.5. The van der Waals surface area contributed by atoms with Crippen molar-refractivity contribution < 1.29 is 9.47 Å². The molecule has 5 nitrogen and oxygen atoms in total. The number of nitrogens with one attached hydrogen (secondary N) is 1. The van der Waals surface area contributed by atoms with Crippen molar-refractivity contribution in [2.45, 2.75) is 45.2 Å². The highest BCUT2D eigenvalue weighted by molar-refractivity contribution is 5.14. The number of hydrogen-bond donors (Lipinski definition) is 1. The van der Waals surface area contributed by atoms with E-state index in [-0.39, 0.29) is 12.2 Å². The third-order valence-electron chi connectivity index (χ3n) is 3.88. The van der Waals surface area contributed by atoms with Crippen LogP contribution in [0.3, 0.4) is 0 Å². The summed E-state index contributed by atoms with van der Waals surface area (Å²) in [5.41, 5.74) is 2.31. The summed E-state index contributed by atoms with van der Waals surface area (Å²) in [6.45, 7) is 7.80. The second-order valence-corrected chi connectivity index (χ2v) is 5.94. The molecule has 0 aromatic carbocycles. The minimum Gasteiger partial charge on any atom is -0.377 e. The van der Waals surface area contributed by atoms with Gasteiger partial charge in [-0.2, -0.15) is 0 Å². The van der Waals surface area contributed by atoms with Gasteiger partial charge in [-0.25, -0.2) is 0 Å². The number of pyridine rings is 1. The van der Waals surface area contributed by atoms with E-state index in [9.17, 15) is 0 Å². The Balaban J connectivity index is 1.86. The van der Waals surface area contributed by atoms with Gasteiger partial charge in [0.1, 0.15) is 0 Å². The Kier molecular flexibility index (Phi) is 6.11. The van der Waals surface area contributed by atoms with E-state index in [2.05, 4.69) is 41.2 Å². The topological polar surface area (TPSA) is 46.6 Å². The predicted octanol–water partition coefficient (Wildman–Crippen LogP) is 1.43. The zero-order valence-corrected chi connectivity index (χ0v) is 13.5. The van der Waals surface area contributed by atoms with Gasteiger partial charge in [0.25, 0.3) is 0 Å². The molecule has 2 heterocycles. The van der Waals surface area contributed by atoms with Crippen LogP contribution in [0, 0.1) is 0 Å². The molecule has 21 heavy (non-hydrogen) atoms. The number of aromatic nitrogens is 1. The van der Waals surface area contributed by atoms with E-state index in [1.807, 2.05) is 6.20 Å². The van der Waals surface area contributed by atoms with E-state index in [0.29, 0.717) is 6.04 Å². The molecule has 0 radical (unpaired) electrons. The quantitative estimate of drug-likeness (QED) is 0.824. The van der Waals surface area contributed by atoms with E-state index < -0.39 is 0 Å². The molecule has 2 atom stereocenters. The van der Waals surface area contributed by atoms with Crippen LogP contribution in [0.15, 0.2) is 18.3 Å². The Morgan fingerprint density at radius 3 is 2.38 bits per heavy atom. The Hall–Kier alpha value is -1.01. The van der Waals surface area contributed by atoms with Gasteiger partial charge >= 0.3 is 0 Å². The highest BCUT2D eigenvalue weighted by Gasteiger charge is 2.32. The summed E-state index contributed by atoms with van der Waals surface area (Å²) in [5, 5.41) is 3.40. The molecule has 0 amide bonds. The second kappa shape index (κ2) is 7.84. The van der Waals surface area contributed by atoms with Crippen molar-refractivity contribution in [3.8, 4) is 0 Å². The van der Waals surface area contributed by atoms with Crippen LogP contribution in [-0.2, 0) is 22.6 Å². The molecular formula is C16H27N3O2. The van der Waals surface area contributed by atoms with Crippen LogP contribution in [0.5, 0.6) is 0 Å². The van der Waals surface area contributed by atoms with Crippen molar-refractivity contribution in [1.82, 2.24) is 15.2 Å². The molecule has 1 aromatic heterocycles. The molecule has 0 spiro atoms. The average Bonchev–Trinajstić information content (AvgIpc) is 2.88. The van der Waals surface area contributed by atoms with E-state index in [1.54, 1.807) is 14.2 Å². The van der Waals surface area contributed by atoms with Crippen molar-refractivity contribution >= 4 is 0 Å². The largest absolute Gasteiger partial charge is 0.377 e. The summed E-state index contributed by atoms with van der Waals surface area (Å²) in [6, 6.07) is 4.75. The van der Waals surface area contributed by atoms with Crippen LogP contribution >= 0.6 is 0 Å². The fourth-order valence-corrected chi connectivity index (χ4v) is 2.60. The van der Waals surface area contributed by atoms with Crippen molar-refractivity contribution in [1.29, 1.82) is 0 Å². The summed E-state index contributed by atoms with van der Waals surface area (Å²) in [5.74, 6) is 0. The summed E-state index contributed by atoms with van der Waals surface area (Å²) >= 11 is 0. The number of ether oxygens (including phenoxy) is 2. The minimum absolute atomic E-state index is 0.157. The number of likely N-dealkylation sites (tertiary alicyclic amines) is 1. The SMILES string of the molecule is COC1CN(Cc2ccc(CNC(C)C)cn2)CC1OC. The molecule has 1 aromatic rings. The molecule has 1 N–H and O–H groups in total. The lowest BCUT2D eigenvalue weighted by molar-refractivity contribution is -0.00461. The highest BCUT2D eigenvalue weighted by atomic mass is 16.5. The molecular weight excluding hydrogens is 266 g/mol. The Bertz CT molecular complexity index is 410. The molecule has 118 valence electrons. The predicted molar refractivity (Wildman–Crippen MR) is 83.1 cm³/mol. The molecule has 1 aliphatic rings. The van der Waals surface area contributed by atoms with Gasteiger partial charge in [-0.15, -0.1) is 0 Å². The van der Waals surface area contributed by atoms with E-state index in [4.69, 9.17) is 9.47 Å². The lowest BCUT2D eigenvalue weighted by Gasteiger charge is -2.15. The lowest BCUT2D eigenvalue weighted by Crippen LogP contribution is -2.27. The lowest BCUT2D eigenvalue weighted by atomic mass is 10.2. The average molecular weight is 293 g/mol. The minimum atomic E-state index is 0.157. The number of methoxy groups -OCH3 is 2. The molecule has 1 saturated heterocycles. The van der Waals surface area contributed by atoms with Crippen LogP contribution in [0.4, 0.5) is 0 Å². The molecule has 1 fully saturated rings. The molecule has 0 bridgehead atoms. The molecule has 2 rings (SSSR count). The first-order valence-electron chi connectivity index (χ1n) is 7.57. The summed E-state index contributed by atoms with van der Waals surface area (Å²) in [4.78, 5) is 6.89. The van der Waals surface area contributed by atoms with Gasteiger partial charge in [-0.3, -0.25) is 9.88 Å². The molecule has 5 heteroatoms. The number of nitrogens with zero attached hydrogens (tertiary/aromatic N) is 2. The highest BCUT2D eigenvalue weighted by Crippen LogP contribution is 2.17. The third-order valence-corrected chi connectivity index (χ3v) is 3.88. The maximum atomic E-state index is 5.46. The van der Waals surface area contributed by atoms with E-state index in [0.717, 1.165) is 31.9 Å². The first-order chi connectivity index (χ1) is 10.1. The van der Waals surface area contributed by atoms with Crippen molar-refractivity contribution in [3.05, 3.63) is 29.6 Å². The van der Waals surface area contributed by atoms with Crippen molar-refractivity contribution in [3.63, 3.8) is 0 Å². The smallest absolute Gasteiger partial charge is 0.0971 e. The van der Waals surface area contributed by atoms with Crippen LogP contribution in [0.25, 0.3) is 0 Å². The van der Waals surface area contributed by atoms with Crippen molar-refractivity contribution in [2.75, 3.05) is 27.3 Å². The summed E-state index contributed by atoms with van der Waals surface area (Å²) < 4.78 is 10.9. The standard InChI is InChI=1S/C16H27N3O2/c1-12(2)17-7-13-5-6-14(18-8-13)9-19-10-15(20-3)16(11-19)21-4/h5-6,8,12,15-17H,7,9-11H2,1-4H3. The Morgan fingerprint density at radius 1 is 1.24 bits per heavy atom. The van der Waals surface area contributed by atoms with Crippen LogP contribution in [-0.4, -0.2) is 55.4 Å². The van der Waals surface area contributed by atoms with Gasteiger partial charge in [0, 0.05) is 52.6 Å². The molecule has 0 aliphatic carbocycles. The first-order valence-corrected chi connectivity index (χ1v) is 7.57. The first kappa shape index (κ1) is 16.4. The molecule has 0 saturated carbocycles. The summed E-state index contributed by atoms with van der Waals surface area (Å²) in [7, 11) is 3.49. The van der Waals surface area contributed by atoms with Crippen molar-refractivity contribution in [2.24, 2.45) is 0 Å². The van der Waals surface area contributed by atoms with Crippen LogP contribution < -0.4 is 5.32 Å². The maximum absolute atomic E-state index is 5.46. The normalized spacial score (nSPS) is 23.1. The number of hydrogen-bond acceptors (Lipinski definition) is 5. The van der Waals surface area contributed by atoms with Gasteiger partial charge in [0.15, 0.2) is 0 Å². The van der Waals surface area contributed by atoms with Crippen LogP contribution in [0.1, 0.15) is 25.1 Å². The maximum Gasteiger partial charge on any atom is 0.0971 e. The summed E-state index contributed by atoms with van der Waals surface area (Å²) in [6.07, 6.45) is 2.27. The monoisotopic (exact) mass is 293 g/mol. The van der Waals surface area contributed by atoms with Gasteiger partial charge in [0.2, 0.25) is 0 Å². The van der Waals surface area contributed by atoms with Gasteiger partial charge in [-0.05, 0) is 11.6 Å². The number of rotatable bonds is 7. The fourth-order valence-electron chi connectivity index (χ4n) is 2.60. The third kappa shape index (κ3) is 4.74. The molecule has 1 aliphatic heterocycles. The fraction of sp³-hybridized carbons (Fsp3) is 0.688. The van der Waals surface area contributed by atoms with E-state index >= 15 is 0 Å². The van der Waals surface area contributed by atoms with Gasteiger partial charge in [0.05, 0.1) is 17.9 Å². The Morgan fingerprint density at radius 2 is 1.90 bits per heavy atom. The molecule has 2 unspecified atom stereocenters. The van der Waals surface area contributed by atoms with Gasteiger partial charge in [-0.1, -0.05) is 19.9 Å².